The van der Waals surface area contributed by atoms with Gasteiger partial charge in [0.15, 0.2) is 0 Å². The summed E-state index contributed by atoms with van der Waals surface area (Å²) < 4.78 is 10.4. The third kappa shape index (κ3) is 4.71. The van der Waals surface area contributed by atoms with Gasteiger partial charge in [0, 0.05) is 31.9 Å². The Morgan fingerprint density at radius 1 is 0.857 bits per heavy atom. The second-order valence-corrected chi connectivity index (χ2v) is 8.49. The minimum atomic E-state index is -0.740. The lowest BCUT2D eigenvalue weighted by Gasteiger charge is -2.26. The average molecular weight is 473 g/mol. The van der Waals surface area contributed by atoms with Crippen molar-refractivity contribution in [2.75, 3.05) is 33.2 Å². The van der Waals surface area contributed by atoms with Gasteiger partial charge in [-0.2, -0.15) is 0 Å². The van der Waals surface area contributed by atoms with Crippen LogP contribution in [0.3, 0.4) is 0 Å². The molecule has 1 aliphatic rings. The summed E-state index contributed by atoms with van der Waals surface area (Å²) in [5, 5.41) is 11.2. The highest BCUT2D eigenvalue weighted by Crippen LogP contribution is 2.41. The average Bonchev–Trinajstić information content (AvgIpc) is 3.13. The first-order valence-corrected chi connectivity index (χ1v) is 11.2. The van der Waals surface area contributed by atoms with Gasteiger partial charge in [0.1, 0.15) is 17.3 Å². The summed E-state index contributed by atoms with van der Waals surface area (Å²) >= 11 is 0. The molecular weight excluding hydrogens is 444 g/mol. The first kappa shape index (κ1) is 23.9. The van der Waals surface area contributed by atoms with Crippen molar-refractivity contribution < 1.29 is 24.2 Å². The number of Topliss-reactive ketones (excluding diaryl/α,β-unsaturated/α-hetero) is 1. The molecule has 180 valence electrons. The summed E-state index contributed by atoms with van der Waals surface area (Å²) in [6.45, 7) is 0.202. The van der Waals surface area contributed by atoms with E-state index in [-0.39, 0.29) is 17.9 Å². The van der Waals surface area contributed by atoms with E-state index in [4.69, 9.17) is 9.47 Å². The zero-order chi connectivity index (χ0) is 25.1. The van der Waals surface area contributed by atoms with Crippen molar-refractivity contribution in [2.24, 2.45) is 0 Å². The fourth-order valence-corrected chi connectivity index (χ4v) is 4.18. The predicted octanol–water partition coefficient (Wildman–Crippen LogP) is 4.39. The van der Waals surface area contributed by atoms with Crippen molar-refractivity contribution in [3.63, 3.8) is 0 Å². The van der Waals surface area contributed by atoms with E-state index < -0.39 is 17.7 Å². The third-order valence-corrected chi connectivity index (χ3v) is 6.14. The fraction of sp³-hybridized carbons (Fsp3) is 0.214. The van der Waals surface area contributed by atoms with Gasteiger partial charge in [-0.15, -0.1) is 0 Å². The highest BCUT2D eigenvalue weighted by Gasteiger charge is 2.46. The molecule has 0 aliphatic carbocycles. The molecule has 7 nitrogen and oxygen atoms in total. The Bertz CT molecular complexity index is 1250. The Balaban J connectivity index is 1.81. The Kier molecular flexibility index (Phi) is 6.78. The number of anilines is 1. The number of amides is 1. The molecule has 1 N–H and O–H groups in total. The summed E-state index contributed by atoms with van der Waals surface area (Å²) in [5.41, 5.74) is 3.05. The molecule has 1 atom stereocenters. The van der Waals surface area contributed by atoms with Crippen molar-refractivity contribution >= 4 is 23.1 Å². The molecule has 0 bridgehead atoms. The molecule has 1 heterocycles. The van der Waals surface area contributed by atoms with Gasteiger partial charge in [-0.1, -0.05) is 24.3 Å². The molecule has 1 amide bonds. The smallest absolute Gasteiger partial charge is 0.295 e. The molecule has 3 aromatic rings. The molecule has 4 rings (SSSR count). The molecule has 1 aliphatic heterocycles. The van der Waals surface area contributed by atoms with Crippen LogP contribution in [-0.4, -0.2) is 50.0 Å². The summed E-state index contributed by atoms with van der Waals surface area (Å²) in [6.07, 6.45) is 0. The maximum absolute atomic E-state index is 13.2. The van der Waals surface area contributed by atoms with E-state index >= 15 is 0 Å². The van der Waals surface area contributed by atoms with Crippen LogP contribution in [-0.2, 0) is 16.1 Å². The number of aliphatic hydroxyl groups is 1. The minimum absolute atomic E-state index is 0.0614. The zero-order valence-electron chi connectivity index (χ0n) is 20.2. The number of nitrogens with zero attached hydrogens (tertiary/aromatic N) is 2. The number of carbonyl (C=O) groups is 2. The summed E-state index contributed by atoms with van der Waals surface area (Å²) in [6, 6.07) is 20.9. The topological polar surface area (TPSA) is 79.3 Å². The van der Waals surface area contributed by atoms with Crippen molar-refractivity contribution in [3.05, 3.63) is 95.1 Å². The van der Waals surface area contributed by atoms with E-state index in [1.54, 1.807) is 38.5 Å². The minimum Gasteiger partial charge on any atom is -0.507 e. The van der Waals surface area contributed by atoms with Crippen LogP contribution in [0, 0.1) is 0 Å². The Morgan fingerprint density at radius 2 is 1.40 bits per heavy atom. The second kappa shape index (κ2) is 9.93. The van der Waals surface area contributed by atoms with Crippen molar-refractivity contribution in [2.45, 2.75) is 12.6 Å². The van der Waals surface area contributed by atoms with Crippen LogP contribution < -0.4 is 14.4 Å². The summed E-state index contributed by atoms with van der Waals surface area (Å²) in [7, 11) is 7.02. The predicted molar refractivity (Wildman–Crippen MR) is 135 cm³/mol. The zero-order valence-corrected chi connectivity index (χ0v) is 20.2. The Labute approximate surface area is 204 Å². The molecule has 35 heavy (non-hydrogen) atoms. The van der Waals surface area contributed by atoms with E-state index in [2.05, 4.69) is 0 Å². The first-order chi connectivity index (χ1) is 16.8. The number of rotatable bonds is 7. The molecule has 3 aromatic carbocycles. The number of hydrogen-bond acceptors (Lipinski definition) is 6. The monoisotopic (exact) mass is 472 g/mol. The van der Waals surface area contributed by atoms with Gasteiger partial charge in [0.25, 0.3) is 11.7 Å². The molecule has 1 saturated heterocycles. The van der Waals surface area contributed by atoms with Gasteiger partial charge in [0.05, 0.1) is 25.8 Å². The lowest BCUT2D eigenvalue weighted by molar-refractivity contribution is -0.140. The molecule has 0 saturated carbocycles. The molecule has 7 heteroatoms. The molecule has 0 radical (unpaired) electrons. The highest BCUT2D eigenvalue weighted by atomic mass is 16.5. The van der Waals surface area contributed by atoms with Crippen molar-refractivity contribution in [1.29, 1.82) is 0 Å². The van der Waals surface area contributed by atoms with E-state index in [9.17, 15) is 14.7 Å². The highest BCUT2D eigenvalue weighted by molar-refractivity contribution is 6.46. The molecule has 1 unspecified atom stereocenters. The number of carbonyl (C=O) groups excluding carboxylic acids is 2. The van der Waals surface area contributed by atoms with E-state index in [1.807, 2.05) is 67.5 Å². The number of ketones is 1. The van der Waals surface area contributed by atoms with Crippen LogP contribution in [0.25, 0.3) is 5.76 Å². The number of likely N-dealkylation sites (tertiary alicyclic amines) is 1. The van der Waals surface area contributed by atoms with Gasteiger partial charge in [-0.05, 0) is 59.7 Å². The fourth-order valence-electron chi connectivity index (χ4n) is 4.18. The van der Waals surface area contributed by atoms with Gasteiger partial charge >= 0.3 is 0 Å². The van der Waals surface area contributed by atoms with Crippen LogP contribution in [0.15, 0.2) is 78.4 Å². The number of hydrogen-bond donors (Lipinski definition) is 1. The quantitative estimate of drug-likeness (QED) is 0.312. The molecular formula is C28H28N2O5. The first-order valence-electron chi connectivity index (χ1n) is 11.2. The molecule has 0 spiro atoms. The summed E-state index contributed by atoms with van der Waals surface area (Å²) in [5.74, 6) is -0.264. The number of ether oxygens (including phenoxy) is 2. The maximum Gasteiger partial charge on any atom is 0.295 e. The van der Waals surface area contributed by atoms with Crippen LogP contribution in [0.2, 0.25) is 0 Å². The normalized spacial score (nSPS) is 16.9. The van der Waals surface area contributed by atoms with Crippen LogP contribution in [0.1, 0.15) is 22.7 Å². The number of benzene rings is 3. The number of methoxy groups -OCH3 is 2. The van der Waals surface area contributed by atoms with Gasteiger partial charge in [0.2, 0.25) is 0 Å². The standard InChI is InChI=1S/C28H28N2O5/c1-29(2)21-11-7-19(8-12-21)25-24(26(31)20-9-15-23(35-4)16-10-20)27(32)28(33)30(25)17-18-5-13-22(34-3)14-6-18/h5-16,25,31H,17H2,1-4H3/b26-24-. The Morgan fingerprint density at radius 3 is 1.91 bits per heavy atom. The van der Waals surface area contributed by atoms with Crippen molar-refractivity contribution in [3.8, 4) is 11.5 Å². The van der Waals surface area contributed by atoms with E-state index in [0.717, 1.165) is 16.8 Å². The lowest BCUT2D eigenvalue weighted by Crippen LogP contribution is -2.29. The number of aliphatic hydroxyl groups excluding tert-OH is 1. The van der Waals surface area contributed by atoms with E-state index in [0.29, 0.717) is 17.1 Å². The largest absolute Gasteiger partial charge is 0.507 e. The lowest BCUT2D eigenvalue weighted by atomic mass is 9.95. The van der Waals surface area contributed by atoms with Gasteiger partial charge < -0.3 is 24.4 Å². The summed E-state index contributed by atoms with van der Waals surface area (Å²) in [4.78, 5) is 29.9. The maximum atomic E-state index is 13.2. The SMILES string of the molecule is COc1ccc(CN2C(=O)C(=O)/C(=C(\O)c3ccc(OC)cc3)C2c2ccc(N(C)C)cc2)cc1. The molecule has 0 aromatic heterocycles. The van der Waals surface area contributed by atoms with Gasteiger partial charge in [-0.3, -0.25) is 9.59 Å². The van der Waals surface area contributed by atoms with E-state index in [1.165, 1.54) is 4.90 Å². The van der Waals surface area contributed by atoms with Crippen LogP contribution in [0.4, 0.5) is 5.69 Å². The van der Waals surface area contributed by atoms with Crippen LogP contribution in [0.5, 0.6) is 11.5 Å². The molecule has 1 fully saturated rings. The van der Waals surface area contributed by atoms with Crippen LogP contribution >= 0.6 is 0 Å². The van der Waals surface area contributed by atoms with Crippen molar-refractivity contribution in [1.82, 2.24) is 4.90 Å². The second-order valence-electron chi connectivity index (χ2n) is 8.49. The Hall–Kier alpha value is -4.26. The van der Waals surface area contributed by atoms with Gasteiger partial charge in [-0.25, -0.2) is 0 Å². The third-order valence-electron chi connectivity index (χ3n) is 6.14.